The highest BCUT2D eigenvalue weighted by Gasteiger charge is 2.24. The highest BCUT2D eigenvalue weighted by Crippen LogP contribution is 2.37. The SMILES string of the molecule is Cc1cc2c(N[C@H]3CCOc4c(F)cccc43)nccc2o1. The number of aromatic nitrogens is 1. The fourth-order valence-electron chi connectivity index (χ4n) is 2.91. The second-order valence-electron chi connectivity index (χ2n) is 5.42. The first-order chi connectivity index (χ1) is 10.7. The third kappa shape index (κ3) is 2.09. The molecule has 112 valence electrons. The second kappa shape index (κ2) is 5.02. The van der Waals surface area contributed by atoms with E-state index >= 15 is 0 Å². The molecule has 3 heterocycles. The lowest BCUT2D eigenvalue weighted by molar-refractivity contribution is 0.260. The van der Waals surface area contributed by atoms with Crippen molar-refractivity contribution in [3.05, 3.63) is 53.7 Å². The quantitative estimate of drug-likeness (QED) is 0.770. The normalized spacial score (nSPS) is 17.1. The molecule has 4 rings (SSSR count). The van der Waals surface area contributed by atoms with Crippen LogP contribution in [0.25, 0.3) is 11.0 Å². The minimum Gasteiger partial charge on any atom is -0.490 e. The molecule has 5 heteroatoms. The monoisotopic (exact) mass is 298 g/mol. The van der Waals surface area contributed by atoms with Crippen molar-refractivity contribution < 1.29 is 13.5 Å². The number of rotatable bonds is 2. The number of pyridine rings is 1. The van der Waals surface area contributed by atoms with Gasteiger partial charge in [0.15, 0.2) is 11.6 Å². The van der Waals surface area contributed by atoms with Crippen molar-refractivity contribution in [3.8, 4) is 5.75 Å². The molecule has 0 aliphatic carbocycles. The van der Waals surface area contributed by atoms with E-state index in [-0.39, 0.29) is 11.9 Å². The van der Waals surface area contributed by atoms with E-state index < -0.39 is 0 Å². The van der Waals surface area contributed by atoms with Gasteiger partial charge in [-0.3, -0.25) is 0 Å². The average Bonchev–Trinajstić information content (AvgIpc) is 2.90. The van der Waals surface area contributed by atoms with E-state index in [0.29, 0.717) is 12.4 Å². The molecule has 4 nitrogen and oxygen atoms in total. The van der Waals surface area contributed by atoms with Gasteiger partial charge in [0.2, 0.25) is 0 Å². The molecule has 0 spiro atoms. The van der Waals surface area contributed by atoms with E-state index in [1.807, 2.05) is 25.1 Å². The molecule has 1 aliphatic rings. The predicted octanol–water partition coefficient (Wildman–Crippen LogP) is 4.21. The first-order valence-corrected chi connectivity index (χ1v) is 7.25. The summed E-state index contributed by atoms with van der Waals surface area (Å²) in [6.07, 6.45) is 2.46. The highest BCUT2D eigenvalue weighted by molar-refractivity contribution is 5.88. The molecule has 0 saturated carbocycles. The molecule has 0 bridgehead atoms. The van der Waals surface area contributed by atoms with Crippen LogP contribution < -0.4 is 10.1 Å². The maximum Gasteiger partial charge on any atom is 0.165 e. The van der Waals surface area contributed by atoms with Gasteiger partial charge in [-0.05, 0) is 25.1 Å². The molecule has 0 radical (unpaired) electrons. The molecule has 1 N–H and O–H groups in total. The number of aryl methyl sites for hydroxylation is 1. The van der Waals surface area contributed by atoms with Gasteiger partial charge >= 0.3 is 0 Å². The lowest BCUT2D eigenvalue weighted by Gasteiger charge is -2.27. The van der Waals surface area contributed by atoms with Crippen molar-refractivity contribution in [3.63, 3.8) is 0 Å². The summed E-state index contributed by atoms with van der Waals surface area (Å²) in [5, 5.41) is 4.34. The Balaban J connectivity index is 1.74. The van der Waals surface area contributed by atoms with Crippen LogP contribution in [0.15, 0.2) is 40.9 Å². The van der Waals surface area contributed by atoms with E-state index in [0.717, 1.165) is 34.5 Å². The number of ether oxygens (including phenoxy) is 1. The Labute approximate surface area is 126 Å². The van der Waals surface area contributed by atoms with Gasteiger partial charge in [0.1, 0.15) is 17.2 Å². The topological polar surface area (TPSA) is 47.3 Å². The lowest BCUT2D eigenvalue weighted by Crippen LogP contribution is -2.21. The lowest BCUT2D eigenvalue weighted by atomic mass is 10.00. The Morgan fingerprint density at radius 1 is 1.32 bits per heavy atom. The number of halogens is 1. The van der Waals surface area contributed by atoms with Crippen LogP contribution in [0, 0.1) is 12.7 Å². The van der Waals surface area contributed by atoms with Crippen LogP contribution in [0.1, 0.15) is 23.8 Å². The zero-order valence-electron chi connectivity index (χ0n) is 12.1. The van der Waals surface area contributed by atoms with Crippen LogP contribution in [0.3, 0.4) is 0 Å². The molecule has 1 aliphatic heterocycles. The molecule has 0 amide bonds. The summed E-state index contributed by atoms with van der Waals surface area (Å²) in [7, 11) is 0. The standard InChI is InChI=1S/C17H15FN2O2/c1-10-9-12-15(22-10)5-7-19-17(12)20-14-6-8-21-16-11(14)3-2-4-13(16)18/h2-5,7,9,14H,6,8H2,1H3,(H,19,20)/t14-/m0/s1. The molecular weight excluding hydrogens is 283 g/mol. The van der Waals surface area contributed by atoms with Gasteiger partial charge in [0.25, 0.3) is 0 Å². The smallest absolute Gasteiger partial charge is 0.165 e. The van der Waals surface area contributed by atoms with Crippen molar-refractivity contribution in [2.75, 3.05) is 11.9 Å². The molecule has 0 fully saturated rings. The van der Waals surface area contributed by atoms with Gasteiger partial charge < -0.3 is 14.5 Å². The number of para-hydroxylation sites is 1. The minimum atomic E-state index is -0.325. The summed E-state index contributed by atoms with van der Waals surface area (Å²) in [4.78, 5) is 4.40. The Morgan fingerprint density at radius 3 is 3.14 bits per heavy atom. The van der Waals surface area contributed by atoms with Gasteiger partial charge in [-0.1, -0.05) is 12.1 Å². The van der Waals surface area contributed by atoms with Gasteiger partial charge in [-0.2, -0.15) is 0 Å². The number of nitrogens with one attached hydrogen (secondary N) is 1. The number of benzene rings is 1. The van der Waals surface area contributed by atoms with Crippen LogP contribution in [-0.4, -0.2) is 11.6 Å². The first-order valence-electron chi connectivity index (χ1n) is 7.25. The third-order valence-corrected chi connectivity index (χ3v) is 3.91. The van der Waals surface area contributed by atoms with Crippen molar-refractivity contribution in [2.45, 2.75) is 19.4 Å². The van der Waals surface area contributed by atoms with Gasteiger partial charge in [0.05, 0.1) is 18.0 Å². The van der Waals surface area contributed by atoms with E-state index in [2.05, 4.69) is 10.3 Å². The van der Waals surface area contributed by atoms with E-state index in [4.69, 9.17) is 9.15 Å². The average molecular weight is 298 g/mol. The van der Waals surface area contributed by atoms with Crippen LogP contribution in [0.4, 0.5) is 10.2 Å². The van der Waals surface area contributed by atoms with Crippen LogP contribution in [0.2, 0.25) is 0 Å². The fraction of sp³-hybridized carbons (Fsp3) is 0.235. The summed E-state index contributed by atoms with van der Waals surface area (Å²) in [6, 6.07) is 8.76. The number of hydrogen-bond donors (Lipinski definition) is 1. The summed E-state index contributed by atoms with van der Waals surface area (Å²) in [5.41, 5.74) is 1.62. The second-order valence-corrected chi connectivity index (χ2v) is 5.42. The molecule has 2 aromatic heterocycles. The van der Waals surface area contributed by atoms with Crippen LogP contribution >= 0.6 is 0 Å². The van der Waals surface area contributed by atoms with E-state index in [9.17, 15) is 4.39 Å². The number of hydrogen-bond acceptors (Lipinski definition) is 4. The number of nitrogens with zero attached hydrogens (tertiary/aromatic N) is 1. The zero-order chi connectivity index (χ0) is 15.1. The molecule has 1 aromatic carbocycles. The molecule has 0 saturated heterocycles. The summed E-state index contributed by atoms with van der Waals surface area (Å²) >= 11 is 0. The van der Waals surface area contributed by atoms with E-state index in [1.54, 1.807) is 12.3 Å². The number of anilines is 1. The summed E-state index contributed by atoms with van der Waals surface area (Å²) in [5.74, 6) is 1.59. The van der Waals surface area contributed by atoms with Crippen molar-refractivity contribution in [2.24, 2.45) is 0 Å². The minimum absolute atomic E-state index is 0.0345. The maximum absolute atomic E-state index is 13.9. The Hall–Kier alpha value is -2.56. The summed E-state index contributed by atoms with van der Waals surface area (Å²) in [6.45, 7) is 2.38. The van der Waals surface area contributed by atoms with Crippen LogP contribution in [0.5, 0.6) is 5.75 Å². The van der Waals surface area contributed by atoms with Gasteiger partial charge in [-0.15, -0.1) is 0 Å². The van der Waals surface area contributed by atoms with Gasteiger partial charge in [0, 0.05) is 18.2 Å². The summed E-state index contributed by atoms with van der Waals surface area (Å²) < 4.78 is 24.9. The highest BCUT2D eigenvalue weighted by atomic mass is 19.1. The predicted molar refractivity (Wildman–Crippen MR) is 81.6 cm³/mol. The molecule has 3 aromatic rings. The molecule has 0 unspecified atom stereocenters. The molecule has 1 atom stereocenters. The Morgan fingerprint density at radius 2 is 2.23 bits per heavy atom. The zero-order valence-corrected chi connectivity index (χ0v) is 12.1. The third-order valence-electron chi connectivity index (χ3n) is 3.91. The first kappa shape index (κ1) is 13.1. The molecular formula is C17H15FN2O2. The van der Waals surface area contributed by atoms with Crippen LogP contribution in [-0.2, 0) is 0 Å². The number of furan rings is 1. The van der Waals surface area contributed by atoms with Gasteiger partial charge in [-0.25, -0.2) is 9.37 Å². The van der Waals surface area contributed by atoms with Crippen molar-refractivity contribution >= 4 is 16.8 Å². The van der Waals surface area contributed by atoms with E-state index in [1.165, 1.54) is 6.07 Å². The Bertz CT molecular complexity index is 844. The number of fused-ring (bicyclic) bond motifs is 2. The fourth-order valence-corrected chi connectivity index (χ4v) is 2.91. The van der Waals surface area contributed by atoms with Crippen molar-refractivity contribution in [1.29, 1.82) is 0 Å². The van der Waals surface area contributed by atoms with Crippen molar-refractivity contribution in [1.82, 2.24) is 4.98 Å². The Kier molecular flexibility index (Phi) is 2.99. The molecule has 22 heavy (non-hydrogen) atoms. The maximum atomic E-state index is 13.9. The largest absolute Gasteiger partial charge is 0.490 e.